The first-order valence-corrected chi connectivity index (χ1v) is 12.3. The van der Waals surface area contributed by atoms with Gasteiger partial charge in [0.1, 0.15) is 23.7 Å². The van der Waals surface area contributed by atoms with Crippen LogP contribution in [0.5, 0.6) is 5.75 Å². The molecular formula is C25H31N7O4. The summed E-state index contributed by atoms with van der Waals surface area (Å²) < 4.78 is 11.7. The average molecular weight is 494 g/mol. The van der Waals surface area contributed by atoms with Crippen molar-refractivity contribution in [3.63, 3.8) is 0 Å². The fourth-order valence-electron chi connectivity index (χ4n) is 4.45. The molecule has 2 amide bonds. The highest BCUT2D eigenvalue weighted by molar-refractivity contribution is 6.32. The number of likely N-dealkylation sites (N-methyl/N-ethyl adjacent to an activating group) is 1. The van der Waals surface area contributed by atoms with Gasteiger partial charge in [-0.2, -0.15) is 0 Å². The first-order valence-electron chi connectivity index (χ1n) is 12.3. The second-order valence-electron chi connectivity index (χ2n) is 8.93. The third kappa shape index (κ3) is 5.20. The maximum Gasteiger partial charge on any atom is 0.259 e. The number of morpholine rings is 1. The number of aromatic nitrogens is 2. The minimum atomic E-state index is -0.260. The Kier molecular flexibility index (Phi) is 7.17. The zero-order valence-corrected chi connectivity index (χ0v) is 20.4. The van der Waals surface area contributed by atoms with E-state index < -0.39 is 0 Å². The maximum atomic E-state index is 12.7. The SMILES string of the molecule is CN1CCNc2ncnc3c2/C(=C/Nc2ccc(N4CCOCC4)c(c2)OCCCCC1=O)C(=O)N3. The van der Waals surface area contributed by atoms with Crippen LogP contribution < -0.4 is 25.6 Å². The van der Waals surface area contributed by atoms with Crippen LogP contribution in [0.1, 0.15) is 24.8 Å². The van der Waals surface area contributed by atoms with Crippen LogP contribution in [-0.2, 0) is 14.3 Å². The number of hydrogen-bond acceptors (Lipinski definition) is 9. The summed E-state index contributed by atoms with van der Waals surface area (Å²) in [4.78, 5) is 37.8. The fraction of sp³-hybridized carbons (Fsp3) is 0.440. The topological polar surface area (TPSA) is 121 Å². The van der Waals surface area contributed by atoms with E-state index >= 15 is 0 Å². The number of nitrogens with one attached hydrogen (secondary N) is 3. The summed E-state index contributed by atoms with van der Waals surface area (Å²) in [5.41, 5.74) is 2.83. The largest absolute Gasteiger partial charge is 0.491 e. The van der Waals surface area contributed by atoms with Crippen LogP contribution >= 0.6 is 0 Å². The Labute approximate surface area is 209 Å². The second-order valence-corrected chi connectivity index (χ2v) is 8.93. The molecule has 3 N–H and O–H groups in total. The van der Waals surface area contributed by atoms with E-state index in [-0.39, 0.29) is 11.8 Å². The Morgan fingerprint density at radius 2 is 1.83 bits per heavy atom. The lowest BCUT2D eigenvalue weighted by Crippen LogP contribution is -2.36. The van der Waals surface area contributed by atoms with Crippen molar-refractivity contribution in [3.8, 4) is 5.75 Å². The minimum Gasteiger partial charge on any atom is -0.491 e. The average Bonchev–Trinajstić information content (AvgIpc) is 3.22. The van der Waals surface area contributed by atoms with E-state index in [1.807, 2.05) is 18.2 Å². The molecule has 2 aromatic rings. The molecule has 190 valence electrons. The Hall–Kier alpha value is -3.86. The fourth-order valence-corrected chi connectivity index (χ4v) is 4.45. The van der Waals surface area contributed by atoms with Crippen molar-refractivity contribution in [2.75, 3.05) is 73.9 Å². The number of amides is 2. The first-order chi connectivity index (χ1) is 17.6. The van der Waals surface area contributed by atoms with Crippen molar-refractivity contribution in [3.05, 3.63) is 36.3 Å². The molecule has 0 atom stereocenters. The number of rotatable bonds is 1. The van der Waals surface area contributed by atoms with E-state index in [1.54, 1.807) is 18.1 Å². The van der Waals surface area contributed by atoms with Gasteiger partial charge in [-0.3, -0.25) is 9.59 Å². The highest BCUT2D eigenvalue weighted by Gasteiger charge is 2.29. The van der Waals surface area contributed by atoms with Crippen LogP contribution in [0.2, 0.25) is 0 Å². The molecule has 36 heavy (non-hydrogen) atoms. The number of ether oxygens (including phenoxy) is 2. The molecular weight excluding hydrogens is 462 g/mol. The molecule has 3 aliphatic heterocycles. The number of anilines is 4. The molecule has 11 heteroatoms. The zero-order valence-electron chi connectivity index (χ0n) is 20.4. The monoisotopic (exact) mass is 493 g/mol. The molecule has 0 spiro atoms. The van der Waals surface area contributed by atoms with Crippen LogP contribution in [0.3, 0.4) is 0 Å². The third-order valence-corrected chi connectivity index (χ3v) is 6.50. The van der Waals surface area contributed by atoms with Gasteiger partial charge in [0.25, 0.3) is 5.91 Å². The summed E-state index contributed by atoms with van der Waals surface area (Å²) in [7, 11) is 1.80. The van der Waals surface area contributed by atoms with Gasteiger partial charge >= 0.3 is 0 Å². The van der Waals surface area contributed by atoms with Crippen LogP contribution in [0.4, 0.5) is 23.0 Å². The first kappa shape index (κ1) is 23.9. The number of fused-ring (bicyclic) bond motifs is 2. The van der Waals surface area contributed by atoms with Crippen molar-refractivity contribution in [1.29, 1.82) is 0 Å². The molecule has 0 unspecified atom stereocenters. The molecule has 4 heterocycles. The zero-order chi connectivity index (χ0) is 24.9. The lowest BCUT2D eigenvalue weighted by molar-refractivity contribution is -0.129. The van der Waals surface area contributed by atoms with Crippen molar-refractivity contribution in [2.24, 2.45) is 0 Å². The molecule has 1 aromatic carbocycles. The summed E-state index contributed by atoms with van der Waals surface area (Å²) in [5.74, 6) is 1.58. The lowest BCUT2D eigenvalue weighted by Gasteiger charge is -2.30. The Bertz CT molecular complexity index is 1160. The van der Waals surface area contributed by atoms with Crippen LogP contribution in [0.15, 0.2) is 30.7 Å². The molecule has 2 bridgehead atoms. The Morgan fingerprint density at radius 1 is 1.00 bits per heavy atom. The van der Waals surface area contributed by atoms with E-state index in [2.05, 4.69) is 30.8 Å². The molecule has 1 fully saturated rings. The minimum absolute atomic E-state index is 0.0865. The van der Waals surface area contributed by atoms with E-state index in [0.717, 1.165) is 43.1 Å². The summed E-state index contributed by atoms with van der Waals surface area (Å²) in [6.07, 6.45) is 5.07. The predicted molar refractivity (Wildman–Crippen MR) is 137 cm³/mol. The van der Waals surface area contributed by atoms with Gasteiger partial charge in [0.15, 0.2) is 0 Å². The number of hydrogen-bond donors (Lipinski definition) is 3. The number of benzene rings is 1. The number of carbonyl (C=O) groups is 2. The standard InChI is InChI=1S/C25H31N7O4/c1-31-8-7-26-23-22-18(25(34)30-24(22)29-16-28-23)15-27-17-5-6-19(32-9-12-35-13-10-32)20(14-17)36-11-3-2-4-21(31)33/h5-6,14-16,27H,2-4,7-13H2,1H3,(H2,26,28,29,30,34)/b18-15-. The molecule has 5 rings (SSSR count). The summed E-state index contributed by atoms with van der Waals surface area (Å²) >= 11 is 0. The number of nitrogens with zero attached hydrogens (tertiary/aromatic N) is 4. The maximum absolute atomic E-state index is 12.7. The van der Waals surface area contributed by atoms with Gasteiger partial charge in [-0.15, -0.1) is 0 Å². The molecule has 11 nitrogen and oxygen atoms in total. The molecule has 1 aromatic heterocycles. The van der Waals surface area contributed by atoms with Gasteiger partial charge in [0, 0.05) is 57.6 Å². The van der Waals surface area contributed by atoms with Crippen LogP contribution in [0, 0.1) is 0 Å². The van der Waals surface area contributed by atoms with Gasteiger partial charge in [0.05, 0.1) is 36.6 Å². The van der Waals surface area contributed by atoms with Crippen LogP contribution in [-0.4, -0.2) is 79.7 Å². The van der Waals surface area contributed by atoms with Crippen molar-refractivity contribution < 1.29 is 19.1 Å². The summed E-state index contributed by atoms with van der Waals surface area (Å²) in [5, 5.41) is 9.31. The van der Waals surface area contributed by atoms with Crippen molar-refractivity contribution in [2.45, 2.75) is 19.3 Å². The highest BCUT2D eigenvalue weighted by atomic mass is 16.5. The predicted octanol–water partition coefficient (Wildman–Crippen LogP) is 2.15. The van der Waals surface area contributed by atoms with Crippen molar-refractivity contribution in [1.82, 2.24) is 14.9 Å². The molecule has 0 aliphatic carbocycles. The second kappa shape index (κ2) is 10.8. The van der Waals surface area contributed by atoms with E-state index in [1.165, 1.54) is 6.33 Å². The highest BCUT2D eigenvalue weighted by Crippen LogP contribution is 2.36. The quantitative estimate of drug-likeness (QED) is 0.549. The van der Waals surface area contributed by atoms with Crippen molar-refractivity contribution >= 4 is 40.4 Å². The van der Waals surface area contributed by atoms with Crippen LogP contribution in [0.25, 0.3) is 5.57 Å². The van der Waals surface area contributed by atoms with Gasteiger partial charge in [-0.25, -0.2) is 9.97 Å². The smallest absolute Gasteiger partial charge is 0.259 e. The third-order valence-electron chi connectivity index (χ3n) is 6.50. The molecule has 0 radical (unpaired) electrons. The van der Waals surface area contributed by atoms with Gasteiger partial charge < -0.3 is 35.2 Å². The summed E-state index contributed by atoms with van der Waals surface area (Å²) in [6.45, 7) is 4.46. The lowest BCUT2D eigenvalue weighted by atomic mass is 10.1. The number of carbonyl (C=O) groups excluding carboxylic acids is 2. The molecule has 3 aliphatic rings. The van der Waals surface area contributed by atoms with E-state index in [9.17, 15) is 9.59 Å². The van der Waals surface area contributed by atoms with E-state index in [4.69, 9.17) is 9.47 Å². The van der Waals surface area contributed by atoms with E-state index in [0.29, 0.717) is 62.1 Å². The summed E-state index contributed by atoms with van der Waals surface area (Å²) in [6, 6.07) is 5.94. The van der Waals surface area contributed by atoms with Gasteiger partial charge in [-0.1, -0.05) is 0 Å². The van der Waals surface area contributed by atoms with Gasteiger partial charge in [0.2, 0.25) is 5.91 Å². The Balaban J connectivity index is 1.47. The normalized spacial score (nSPS) is 20.5. The molecule has 0 saturated carbocycles. The Morgan fingerprint density at radius 3 is 2.69 bits per heavy atom. The molecule has 1 saturated heterocycles. The van der Waals surface area contributed by atoms with Gasteiger partial charge in [-0.05, 0) is 25.0 Å².